The Bertz CT molecular complexity index is 1440. The average Bonchev–Trinajstić information content (AvgIpc) is 3.27. The van der Waals surface area contributed by atoms with Gasteiger partial charge in [-0.25, -0.2) is 4.98 Å². The molecule has 3 heterocycles. The first-order chi connectivity index (χ1) is 16.0. The van der Waals surface area contributed by atoms with E-state index >= 15 is 0 Å². The smallest absolute Gasteiger partial charge is 0.269 e. The van der Waals surface area contributed by atoms with Crippen molar-refractivity contribution in [2.45, 2.75) is 5.16 Å². The van der Waals surface area contributed by atoms with Crippen LogP contribution in [0.2, 0.25) is 10.0 Å². The number of nitrogens with one attached hydrogen (secondary N) is 2. The Hall–Kier alpha value is -3.21. The van der Waals surface area contributed by atoms with E-state index in [0.717, 1.165) is 11.8 Å². The largest absolute Gasteiger partial charge is 0.486 e. The van der Waals surface area contributed by atoms with Gasteiger partial charge in [0, 0.05) is 16.8 Å². The summed E-state index contributed by atoms with van der Waals surface area (Å²) in [5, 5.41) is 10.7. The highest BCUT2D eigenvalue weighted by atomic mass is 35.5. The van der Waals surface area contributed by atoms with Crippen LogP contribution in [-0.4, -0.2) is 44.6 Å². The summed E-state index contributed by atoms with van der Waals surface area (Å²) in [6, 6.07) is 9.96. The summed E-state index contributed by atoms with van der Waals surface area (Å²) in [5.41, 5.74) is 0.917. The molecule has 2 aromatic carbocycles. The van der Waals surface area contributed by atoms with Crippen LogP contribution in [0.4, 0.5) is 5.69 Å². The lowest BCUT2D eigenvalue weighted by Gasteiger charge is -2.19. The summed E-state index contributed by atoms with van der Waals surface area (Å²) in [7, 11) is 0. The van der Waals surface area contributed by atoms with E-state index in [4.69, 9.17) is 32.7 Å². The fourth-order valence-corrected chi connectivity index (χ4v) is 4.59. The average molecular weight is 504 g/mol. The molecule has 1 aliphatic rings. The van der Waals surface area contributed by atoms with E-state index in [2.05, 4.69) is 20.5 Å². The van der Waals surface area contributed by atoms with Crippen LogP contribution in [0, 0.1) is 0 Å². The predicted octanol–water partition coefficient (Wildman–Crippen LogP) is 3.92. The Morgan fingerprint density at radius 1 is 1.15 bits per heavy atom. The summed E-state index contributed by atoms with van der Waals surface area (Å²) in [4.78, 5) is 30.3. The number of aromatic amines is 1. The minimum atomic E-state index is -0.368. The molecule has 2 N–H and O–H groups in total. The fraction of sp³-hybridized carbons (Fsp3) is 0.143. The molecular formula is C21H15Cl2N5O4S. The molecule has 1 amide bonds. The Morgan fingerprint density at radius 2 is 1.97 bits per heavy atom. The molecule has 9 nitrogen and oxygen atoms in total. The van der Waals surface area contributed by atoms with E-state index < -0.39 is 0 Å². The molecule has 0 unspecified atom stereocenters. The number of anilines is 1. The Morgan fingerprint density at radius 3 is 2.79 bits per heavy atom. The summed E-state index contributed by atoms with van der Waals surface area (Å²) >= 11 is 13.5. The second kappa shape index (κ2) is 8.97. The number of hydrogen-bond donors (Lipinski definition) is 2. The molecule has 0 bridgehead atoms. The number of carbonyl (C=O) groups is 1. The molecule has 0 atom stereocenters. The molecule has 168 valence electrons. The third-order valence-corrected chi connectivity index (χ3v) is 6.24. The molecule has 12 heteroatoms. The molecule has 0 spiro atoms. The number of rotatable bonds is 5. The summed E-state index contributed by atoms with van der Waals surface area (Å²) in [6.45, 7) is 0.940. The number of carbonyl (C=O) groups excluding carboxylic acids is 1. The second-order valence-electron chi connectivity index (χ2n) is 6.96. The zero-order valence-electron chi connectivity index (χ0n) is 16.8. The molecule has 4 aromatic rings. The molecule has 5 rings (SSSR count). The molecule has 0 aliphatic carbocycles. The third kappa shape index (κ3) is 4.37. The van der Waals surface area contributed by atoms with E-state index in [0.29, 0.717) is 52.1 Å². The van der Waals surface area contributed by atoms with E-state index in [9.17, 15) is 9.59 Å². The monoisotopic (exact) mass is 503 g/mol. The third-order valence-electron chi connectivity index (χ3n) is 4.76. The normalized spacial score (nSPS) is 12.7. The van der Waals surface area contributed by atoms with Crippen LogP contribution >= 0.6 is 35.0 Å². The SMILES string of the molecule is O=C(CSc1nc2[nH]ncc2c(=O)n1-c1ccc(Cl)cc1Cl)Nc1ccc2c(c1)OCCO2. The Labute approximate surface area is 201 Å². The van der Waals surface area contributed by atoms with Gasteiger partial charge in [0.25, 0.3) is 5.56 Å². The summed E-state index contributed by atoms with van der Waals surface area (Å²) in [6.07, 6.45) is 1.40. The van der Waals surface area contributed by atoms with Gasteiger partial charge in [0.05, 0.1) is 22.7 Å². The lowest BCUT2D eigenvalue weighted by atomic mass is 10.2. The van der Waals surface area contributed by atoms with Crippen molar-refractivity contribution in [3.05, 3.63) is 63.0 Å². The zero-order valence-corrected chi connectivity index (χ0v) is 19.1. The minimum absolute atomic E-state index is 0.00820. The van der Waals surface area contributed by atoms with Crippen molar-refractivity contribution in [2.75, 3.05) is 24.3 Å². The van der Waals surface area contributed by atoms with Crippen molar-refractivity contribution in [3.63, 3.8) is 0 Å². The van der Waals surface area contributed by atoms with Gasteiger partial charge in [-0.1, -0.05) is 35.0 Å². The highest BCUT2D eigenvalue weighted by Crippen LogP contribution is 2.33. The second-order valence-corrected chi connectivity index (χ2v) is 8.74. The molecular weight excluding hydrogens is 489 g/mol. The van der Waals surface area contributed by atoms with Gasteiger partial charge in [-0.3, -0.25) is 19.3 Å². The maximum atomic E-state index is 13.2. The molecule has 0 saturated heterocycles. The first kappa shape index (κ1) is 21.6. The van der Waals surface area contributed by atoms with Gasteiger partial charge in [-0.2, -0.15) is 5.10 Å². The van der Waals surface area contributed by atoms with Gasteiger partial charge in [0.2, 0.25) is 5.91 Å². The van der Waals surface area contributed by atoms with E-state index in [1.807, 2.05) is 0 Å². The molecule has 0 saturated carbocycles. The van der Waals surface area contributed by atoms with Gasteiger partial charge in [0.15, 0.2) is 22.3 Å². The number of H-pyrrole nitrogens is 1. The lowest BCUT2D eigenvalue weighted by molar-refractivity contribution is -0.113. The van der Waals surface area contributed by atoms with Crippen LogP contribution in [0.25, 0.3) is 16.7 Å². The Balaban J connectivity index is 1.41. The van der Waals surface area contributed by atoms with Crippen molar-refractivity contribution in [3.8, 4) is 17.2 Å². The first-order valence-electron chi connectivity index (χ1n) is 9.73. The van der Waals surface area contributed by atoms with Gasteiger partial charge >= 0.3 is 0 Å². The van der Waals surface area contributed by atoms with Gasteiger partial charge in [-0.05, 0) is 30.3 Å². The molecule has 1 aliphatic heterocycles. The molecule has 2 aromatic heterocycles. The molecule has 33 heavy (non-hydrogen) atoms. The van der Waals surface area contributed by atoms with Crippen molar-refractivity contribution in [1.29, 1.82) is 0 Å². The topological polar surface area (TPSA) is 111 Å². The quantitative estimate of drug-likeness (QED) is 0.313. The van der Waals surface area contributed by atoms with E-state index in [-0.39, 0.29) is 27.4 Å². The van der Waals surface area contributed by atoms with Gasteiger partial charge in [0.1, 0.15) is 18.6 Å². The summed E-state index contributed by atoms with van der Waals surface area (Å²) in [5.74, 6) is 0.911. The van der Waals surface area contributed by atoms with Crippen LogP contribution in [0.1, 0.15) is 0 Å². The number of aromatic nitrogens is 4. The number of halogens is 2. The number of benzene rings is 2. The van der Waals surface area contributed by atoms with Crippen molar-refractivity contribution in [2.24, 2.45) is 0 Å². The van der Waals surface area contributed by atoms with Crippen LogP contribution < -0.4 is 20.3 Å². The van der Waals surface area contributed by atoms with Crippen molar-refractivity contribution < 1.29 is 14.3 Å². The standard InChI is InChI=1S/C21H15Cl2N5O4S/c22-11-1-3-15(14(23)7-11)28-20(30)13-9-24-27-19(13)26-21(28)33-10-18(29)25-12-2-4-16-17(8-12)32-6-5-31-16/h1-4,7-9H,5-6,10H2,(H,24,27)(H,25,29). The van der Waals surface area contributed by atoms with Crippen molar-refractivity contribution >= 4 is 57.6 Å². The van der Waals surface area contributed by atoms with Crippen LogP contribution in [-0.2, 0) is 4.79 Å². The maximum absolute atomic E-state index is 13.2. The Kier molecular flexibility index (Phi) is 5.88. The van der Waals surface area contributed by atoms with E-state index in [1.54, 1.807) is 30.3 Å². The van der Waals surface area contributed by atoms with Crippen LogP contribution in [0.15, 0.2) is 52.5 Å². The molecule has 0 radical (unpaired) electrons. The number of amides is 1. The maximum Gasteiger partial charge on any atom is 0.269 e. The minimum Gasteiger partial charge on any atom is -0.486 e. The lowest BCUT2D eigenvalue weighted by Crippen LogP contribution is -2.23. The van der Waals surface area contributed by atoms with Gasteiger partial charge in [-0.15, -0.1) is 0 Å². The number of nitrogens with zero attached hydrogens (tertiary/aromatic N) is 3. The number of thioether (sulfide) groups is 1. The first-order valence-corrected chi connectivity index (χ1v) is 11.5. The van der Waals surface area contributed by atoms with Crippen LogP contribution in [0.3, 0.4) is 0 Å². The number of fused-ring (bicyclic) bond motifs is 2. The highest BCUT2D eigenvalue weighted by Gasteiger charge is 2.18. The number of hydrogen-bond acceptors (Lipinski definition) is 7. The zero-order chi connectivity index (χ0) is 22.9. The predicted molar refractivity (Wildman–Crippen MR) is 126 cm³/mol. The number of ether oxygens (including phenoxy) is 2. The van der Waals surface area contributed by atoms with Crippen molar-refractivity contribution in [1.82, 2.24) is 19.7 Å². The fourth-order valence-electron chi connectivity index (χ4n) is 3.29. The highest BCUT2D eigenvalue weighted by molar-refractivity contribution is 7.99. The summed E-state index contributed by atoms with van der Waals surface area (Å²) < 4.78 is 12.4. The van der Waals surface area contributed by atoms with Gasteiger partial charge < -0.3 is 14.8 Å². The molecule has 0 fully saturated rings. The van der Waals surface area contributed by atoms with Crippen LogP contribution in [0.5, 0.6) is 11.5 Å². The van der Waals surface area contributed by atoms with E-state index in [1.165, 1.54) is 16.8 Å².